The molecule has 3 aromatic rings. The largest absolute Gasteiger partial charge is 0.504 e. The number of phenolic OH excluding ortho intramolecular Hbond substituents is 1. The quantitative estimate of drug-likeness (QED) is 0.734. The molecule has 0 aliphatic carbocycles. The third kappa shape index (κ3) is 3.72. The first-order valence-electron chi connectivity index (χ1n) is 7.34. The predicted octanol–water partition coefficient (Wildman–Crippen LogP) is 2.85. The minimum absolute atomic E-state index is 0.119. The van der Waals surface area contributed by atoms with Crippen LogP contribution < -0.4 is 4.74 Å². The van der Waals surface area contributed by atoms with Gasteiger partial charge in [0.2, 0.25) is 5.89 Å². The summed E-state index contributed by atoms with van der Waals surface area (Å²) in [6.07, 6.45) is 0. The van der Waals surface area contributed by atoms with Gasteiger partial charge in [0, 0.05) is 24.4 Å². The van der Waals surface area contributed by atoms with Crippen molar-refractivity contribution in [1.82, 2.24) is 20.0 Å². The molecule has 0 saturated carbocycles. The van der Waals surface area contributed by atoms with Crippen LogP contribution >= 0.6 is 11.3 Å². The van der Waals surface area contributed by atoms with E-state index in [2.05, 4.69) is 20.0 Å². The summed E-state index contributed by atoms with van der Waals surface area (Å²) in [5.41, 5.74) is 1.88. The molecule has 0 fully saturated rings. The average Bonchev–Trinajstić information content (AvgIpc) is 3.17. The normalized spacial score (nSPS) is 11.2. The molecule has 0 atom stereocenters. The Morgan fingerprint density at radius 1 is 1.29 bits per heavy atom. The molecule has 3 rings (SSSR count). The van der Waals surface area contributed by atoms with Gasteiger partial charge in [-0.25, -0.2) is 4.98 Å². The van der Waals surface area contributed by atoms with E-state index in [0.717, 1.165) is 16.3 Å². The third-order valence-electron chi connectivity index (χ3n) is 3.39. The molecule has 0 radical (unpaired) electrons. The number of rotatable bonds is 6. The van der Waals surface area contributed by atoms with Gasteiger partial charge in [0.05, 0.1) is 19.3 Å². The fourth-order valence-electron chi connectivity index (χ4n) is 2.30. The van der Waals surface area contributed by atoms with Gasteiger partial charge in [-0.2, -0.15) is 4.98 Å². The van der Waals surface area contributed by atoms with Crippen molar-refractivity contribution in [2.24, 2.45) is 0 Å². The lowest BCUT2D eigenvalue weighted by Crippen LogP contribution is -2.18. The van der Waals surface area contributed by atoms with Crippen molar-refractivity contribution in [1.29, 1.82) is 0 Å². The highest BCUT2D eigenvalue weighted by atomic mass is 32.1. The van der Waals surface area contributed by atoms with Crippen LogP contribution in [0.25, 0.3) is 10.6 Å². The number of phenols is 1. The first-order valence-corrected chi connectivity index (χ1v) is 8.22. The van der Waals surface area contributed by atoms with E-state index >= 15 is 0 Å². The van der Waals surface area contributed by atoms with Crippen molar-refractivity contribution in [2.75, 3.05) is 14.2 Å². The highest BCUT2D eigenvalue weighted by Gasteiger charge is 2.11. The molecule has 0 unspecified atom stereocenters. The number of nitrogens with zero attached hydrogens (tertiary/aromatic N) is 4. The maximum Gasteiger partial charge on any atom is 0.223 e. The summed E-state index contributed by atoms with van der Waals surface area (Å²) in [5, 5.41) is 16.5. The van der Waals surface area contributed by atoms with Crippen LogP contribution in [0, 0.1) is 6.92 Å². The second kappa shape index (κ2) is 6.98. The minimum Gasteiger partial charge on any atom is -0.504 e. The molecular formula is C16H18N4O3S. The minimum atomic E-state index is 0.119. The van der Waals surface area contributed by atoms with Crippen LogP contribution in [0.1, 0.15) is 17.4 Å². The number of methoxy groups -OCH3 is 1. The number of aryl methyl sites for hydroxylation is 1. The van der Waals surface area contributed by atoms with Gasteiger partial charge in [-0.15, -0.1) is 11.3 Å². The Hall–Kier alpha value is -2.45. The molecule has 0 amide bonds. The molecule has 0 spiro atoms. The molecule has 7 nitrogen and oxygen atoms in total. The molecule has 8 heteroatoms. The van der Waals surface area contributed by atoms with Crippen LogP contribution in [0.2, 0.25) is 0 Å². The number of aromatic hydroxyl groups is 1. The molecule has 2 heterocycles. The summed E-state index contributed by atoms with van der Waals surface area (Å²) in [4.78, 5) is 10.9. The van der Waals surface area contributed by atoms with Gasteiger partial charge in [0.1, 0.15) is 5.01 Å². The molecule has 0 bridgehead atoms. The third-order valence-corrected chi connectivity index (χ3v) is 4.33. The first-order chi connectivity index (χ1) is 11.5. The van der Waals surface area contributed by atoms with E-state index in [0.29, 0.717) is 30.6 Å². The van der Waals surface area contributed by atoms with Gasteiger partial charge < -0.3 is 14.4 Å². The number of thiazole rings is 1. The van der Waals surface area contributed by atoms with E-state index in [4.69, 9.17) is 9.26 Å². The van der Waals surface area contributed by atoms with E-state index in [-0.39, 0.29) is 5.75 Å². The van der Waals surface area contributed by atoms with Gasteiger partial charge in [0.25, 0.3) is 0 Å². The standard InChI is InChI=1S/C16H18N4O3S/c1-10-17-15(19-23-10)8-20(2)7-12-9-24-16(18-12)11-4-5-13(21)14(6-11)22-3/h4-6,9,21H,7-8H2,1-3H3. The van der Waals surface area contributed by atoms with Crippen molar-refractivity contribution in [3.05, 3.63) is 41.0 Å². The Balaban J connectivity index is 1.69. The van der Waals surface area contributed by atoms with E-state index in [1.54, 1.807) is 30.4 Å². The van der Waals surface area contributed by atoms with E-state index in [9.17, 15) is 5.11 Å². The van der Waals surface area contributed by atoms with E-state index in [1.807, 2.05) is 18.5 Å². The molecular weight excluding hydrogens is 328 g/mol. The van der Waals surface area contributed by atoms with Crippen molar-refractivity contribution in [3.8, 4) is 22.1 Å². The summed E-state index contributed by atoms with van der Waals surface area (Å²) in [6, 6.07) is 5.22. The van der Waals surface area contributed by atoms with Gasteiger partial charge in [-0.1, -0.05) is 5.16 Å². The molecule has 1 N–H and O–H groups in total. The lowest BCUT2D eigenvalue weighted by Gasteiger charge is -2.12. The maximum atomic E-state index is 9.68. The van der Waals surface area contributed by atoms with Gasteiger partial charge >= 0.3 is 0 Å². The second-order valence-corrected chi connectivity index (χ2v) is 6.29. The number of hydrogen-bond donors (Lipinski definition) is 1. The first kappa shape index (κ1) is 16.4. The molecule has 24 heavy (non-hydrogen) atoms. The SMILES string of the molecule is COc1cc(-c2nc(CN(C)Cc3noc(C)n3)cs2)ccc1O. The lowest BCUT2D eigenvalue weighted by atomic mass is 10.2. The molecule has 0 aliphatic heterocycles. The Bertz CT molecular complexity index is 830. The Kier molecular flexibility index (Phi) is 4.77. The van der Waals surface area contributed by atoms with Gasteiger partial charge in [0.15, 0.2) is 17.3 Å². The van der Waals surface area contributed by atoms with Crippen molar-refractivity contribution >= 4 is 11.3 Å². The lowest BCUT2D eigenvalue weighted by molar-refractivity contribution is 0.298. The highest BCUT2D eigenvalue weighted by Crippen LogP contribution is 2.32. The van der Waals surface area contributed by atoms with E-state index in [1.165, 1.54) is 7.11 Å². The van der Waals surface area contributed by atoms with Crippen molar-refractivity contribution < 1.29 is 14.4 Å². The van der Waals surface area contributed by atoms with Gasteiger partial charge in [-0.3, -0.25) is 4.90 Å². The molecule has 0 aliphatic rings. The summed E-state index contributed by atoms with van der Waals surface area (Å²) in [7, 11) is 3.51. The molecule has 126 valence electrons. The van der Waals surface area contributed by atoms with Gasteiger partial charge in [-0.05, 0) is 25.2 Å². The zero-order valence-electron chi connectivity index (χ0n) is 13.7. The molecule has 0 saturated heterocycles. The monoisotopic (exact) mass is 346 g/mol. The Morgan fingerprint density at radius 3 is 2.83 bits per heavy atom. The fourth-order valence-corrected chi connectivity index (χ4v) is 3.11. The smallest absolute Gasteiger partial charge is 0.223 e. The molecule has 2 aromatic heterocycles. The zero-order chi connectivity index (χ0) is 17.1. The second-order valence-electron chi connectivity index (χ2n) is 5.43. The number of aromatic nitrogens is 3. The van der Waals surface area contributed by atoms with Crippen LogP contribution in [-0.2, 0) is 13.1 Å². The van der Waals surface area contributed by atoms with Crippen molar-refractivity contribution in [3.63, 3.8) is 0 Å². The Labute approximate surface area is 143 Å². The topological polar surface area (TPSA) is 84.5 Å². The highest BCUT2D eigenvalue weighted by molar-refractivity contribution is 7.13. The number of ether oxygens (including phenoxy) is 1. The average molecular weight is 346 g/mol. The zero-order valence-corrected chi connectivity index (χ0v) is 14.5. The van der Waals surface area contributed by atoms with Crippen LogP contribution in [0.4, 0.5) is 0 Å². The van der Waals surface area contributed by atoms with Crippen molar-refractivity contribution in [2.45, 2.75) is 20.0 Å². The summed E-state index contributed by atoms with van der Waals surface area (Å²) in [5.74, 6) is 1.78. The van der Waals surface area contributed by atoms with Crippen LogP contribution in [-0.4, -0.2) is 39.3 Å². The predicted molar refractivity (Wildman–Crippen MR) is 90.0 cm³/mol. The summed E-state index contributed by atoms with van der Waals surface area (Å²) in [6.45, 7) is 3.05. The van der Waals surface area contributed by atoms with Crippen LogP contribution in [0.3, 0.4) is 0 Å². The maximum absolute atomic E-state index is 9.68. The summed E-state index contributed by atoms with van der Waals surface area (Å²) >= 11 is 1.56. The van der Waals surface area contributed by atoms with Crippen LogP contribution in [0.15, 0.2) is 28.1 Å². The Morgan fingerprint density at radius 2 is 2.12 bits per heavy atom. The number of benzene rings is 1. The molecule has 1 aromatic carbocycles. The number of hydrogen-bond acceptors (Lipinski definition) is 8. The van der Waals surface area contributed by atoms with E-state index < -0.39 is 0 Å². The fraction of sp³-hybridized carbons (Fsp3) is 0.312. The summed E-state index contributed by atoms with van der Waals surface area (Å²) < 4.78 is 10.1. The van der Waals surface area contributed by atoms with Crippen LogP contribution in [0.5, 0.6) is 11.5 Å².